The lowest BCUT2D eigenvalue weighted by Gasteiger charge is -2.18. The molecule has 21 heavy (non-hydrogen) atoms. The molecule has 1 aromatic carbocycles. The van der Waals surface area contributed by atoms with Crippen LogP contribution in [0.4, 0.5) is 5.82 Å². The highest BCUT2D eigenvalue weighted by Gasteiger charge is 2.25. The lowest BCUT2D eigenvalue weighted by atomic mass is 9.95. The molecule has 4 nitrogen and oxygen atoms in total. The van der Waals surface area contributed by atoms with Crippen molar-refractivity contribution in [1.29, 1.82) is 5.26 Å². The van der Waals surface area contributed by atoms with Gasteiger partial charge in [-0.2, -0.15) is 5.26 Å². The van der Waals surface area contributed by atoms with E-state index in [0.717, 1.165) is 11.4 Å². The molecule has 0 fully saturated rings. The molecular weight excluding hydrogens is 260 g/mol. The Labute approximate surface area is 125 Å². The van der Waals surface area contributed by atoms with Crippen LogP contribution in [0.25, 0.3) is 11.3 Å². The van der Waals surface area contributed by atoms with Gasteiger partial charge in [-0.25, -0.2) is 4.98 Å². The number of anilines is 1. The Morgan fingerprint density at radius 2 is 1.90 bits per heavy atom. The lowest BCUT2D eigenvalue weighted by Crippen LogP contribution is -2.19. The minimum atomic E-state index is -0.157. The van der Waals surface area contributed by atoms with Crippen LogP contribution in [-0.4, -0.2) is 9.55 Å². The highest BCUT2D eigenvalue weighted by Crippen LogP contribution is 2.31. The molecule has 0 saturated heterocycles. The molecule has 0 saturated carbocycles. The van der Waals surface area contributed by atoms with Crippen molar-refractivity contribution in [3.05, 3.63) is 35.7 Å². The Balaban J connectivity index is 2.60. The first-order valence-corrected chi connectivity index (χ1v) is 6.69. The first kappa shape index (κ1) is 14.7. The third kappa shape index (κ3) is 2.75. The van der Waals surface area contributed by atoms with E-state index < -0.39 is 0 Å². The second kappa shape index (κ2) is 5.34. The van der Waals surface area contributed by atoms with Crippen molar-refractivity contribution in [1.82, 2.24) is 9.55 Å². The van der Waals surface area contributed by atoms with Gasteiger partial charge < -0.3 is 10.3 Å². The van der Waals surface area contributed by atoms with Crippen molar-refractivity contribution in [2.24, 2.45) is 0 Å². The zero-order valence-electron chi connectivity index (χ0n) is 12.5. The molecule has 0 bridgehead atoms. The molecule has 0 unspecified atom stereocenters. The fraction of sp³-hybridized carbons (Fsp3) is 0.294. The number of aromatic nitrogens is 2. The van der Waals surface area contributed by atoms with Crippen LogP contribution < -0.4 is 5.73 Å². The molecule has 2 aromatic rings. The minimum absolute atomic E-state index is 0.157. The summed E-state index contributed by atoms with van der Waals surface area (Å²) in [5.74, 6) is 4.04. The normalized spacial score (nSPS) is 10.9. The molecule has 0 aliphatic carbocycles. The average Bonchev–Trinajstić information content (AvgIpc) is 2.77. The first-order valence-electron chi connectivity index (χ1n) is 6.69. The summed E-state index contributed by atoms with van der Waals surface area (Å²) >= 11 is 0. The molecule has 2 rings (SSSR count). The zero-order chi connectivity index (χ0) is 15.6. The van der Waals surface area contributed by atoms with Crippen LogP contribution in [0.3, 0.4) is 0 Å². The number of nitrogens with zero attached hydrogens (tertiary/aromatic N) is 3. The summed E-state index contributed by atoms with van der Waals surface area (Å²) in [5, 5.41) is 8.86. The van der Waals surface area contributed by atoms with Gasteiger partial charge in [-0.1, -0.05) is 38.8 Å². The number of hydrogen-bond acceptors (Lipinski definition) is 3. The van der Waals surface area contributed by atoms with E-state index in [1.165, 1.54) is 0 Å². The van der Waals surface area contributed by atoms with Crippen molar-refractivity contribution in [3.63, 3.8) is 0 Å². The third-order valence-electron chi connectivity index (χ3n) is 3.21. The van der Waals surface area contributed by atoms with Gasteiger partial charge >= 0.3 is 0 Å². The number of benzene rings is 1. The van der Waals surface area contributed by atoms with Crippen LogP contribution in [-0.2, 0) is 12.0 Å². The molecule has 1 aromatic heterocycles. The van der Waals surface area contributed by atoms with Gasteiger partial charge in [-0.05, 0) is 12.1 Å². The van der Waals surface area contributed by atoms with Crippen LogP contribution in [0.2, 0.25) is 0 Å². The lowest BCUT2D eigenvalue weighted by molar-refractivity contribution is 0.517. The van der Waals surface area contributed by atoms with Gasteiger partial charge in [0.2, 0.25) is 0 Å². The van der Waals surface area contributed by atoms with Gasteiger partial charge in [-0.3, -0.25) is 0 Å². The summed E-state index contributed by atoms with van der Waals surface area (Å²) in [6.07, 6.45) is 5.44. The molecule has 4 heteroatoms. The Kier molecular flexibility index (Phi) is 3.74. The molecule has 0 aliphatic heterocycles. The van der Waals surface area contributed by atoms with Crippen LogP contribution in [0.5, 0.6) is 0 Å². The summed E-state index contributed by atoms with van der Waals surface area (Å²) < 4.78 is 1.87. The van der Waals surface area contributed by atoms with E-state index in [4.69, 9.17) is 17.4 Å². The highest BCUT2D eigenvalue weighted by atomic mass is 15.1. The zero-order valence-corrected chi connectivity index (χ0v) is 12.5. The number of terminal acetylenes is 1. The van der Waals surface area contributed by atoms with Crippen molar-refractivity contribution >= 4 is 5.82 Å². The summed E-state index contributed by atoms with van der Waals surface area (Å²) in [6, 6.07) is 9.31. The Hall–Kier alpha value is -2.72. The van der Waals surface area contributed by atoms with Gasteiger partial charge in [0.05, 0.1) is 18.2 Å². The second-order valence-corrected chi connectivity index (χ2v) is 5.90. The summed E-state index contributed by atoms with van der Waals surface area (Å²) in [5.41, 5.74) is 8.27. The maximum absolute atomic E-state index is 8.86. The van der Waals surface area contributed by atoms with E-state index in [1.54, 1.807) is 12.1 Å². The molecule has 2 N–H and O–H groups in total. The third-order valence-corrected chi connectivity index (χ3v) is 3.21. The maximum atomic E-state index is 8.86. The molecule has 0 radical (unpaired) electrons. The van der Waals surface area contributed by atoms with Gasteiger partial charge in [-0.15, -0.1) is 6.42 Å². The molecule has 0 atom stereocenters. The van der Waals surface area contributed by atoms with Crippen LogP contribution in [0.1, 0.15) is 32.2 Å². The van der Waals surface area contributed by atoms with E-state index in [0.29, 0.717) is 23.6 Å². The number of nitriles is 1. The van der Waals surface area contributed by atoms with Gasteiger partial charge in [0.25, 0.3) is 0 Å². The number of hydrogen-bond donors (Lipinski definition) is 1. The predicted octanol–water partition coefficient (Wildman–Crippen LogP) is 2.93. The van der Waals surface area contributed by atoms with Crippen molar-refractivity contribution in [2.75, 3.05) is 5.73 Å². The average molecular weight is 278 g/mol. The molecular formula is C17H18N4. The predicted molar refractivity (Wildman–Crippen MR) is 84.3 cm³/mol. The van der Waals surface area contributed by atoms with Crippen LogP contribution >= 0.6 is 0 Å². The summed E-state index contributed by atoms with van der Waals surface area (Å²) in [4.78, 5) is 4.68. The number of rotatable bonds is 2. The smallest absolute Gasteiger partial charge is 0.132 e. The van der Waals surface area contributed by atoms with Crippen molar-refractivity contribution in [2.45, 2.75) is 32.7 Å². The van der Waals surface area contributed by atoms with Gasteiger partial charge in [0.1, 0.15) is 17.3 Å². The molecule has 0 amide bonds. The highest BCUT2D eigenvalue weighted by molar-refractivity contribution is 5.71. The number of nitrogens with two attached hydrogens (primary N) is 1. The Morgan fingerprint density at radius 3 is 2.38 bits per heavy atom. The largest absolute Gasteiger partial charge is 0.383 e. The quantitative estimate of drug-likeness (QED) is 0.859. The first-order chi connectivity index (χ1) is 9.88. The second-order valence-electron chi connectivity index (χ2n) is 5.90. The van der Waals surface area contributed by atoms with E-state index in [-0.39, 0.29) is 5.41 Å². The SMILES string of the molecule is C#CCn1c(C(C)(C)C)nc(-c2ccc(C#N)cc2)c1N. The van der Waals surface area contributed by atoms with Crippen molar-refractivity contribution < 1.29 is 0 Å². The maximum Gasteiger partial charge on any atom is 0.132 e. The van der Waals surface area contributed by atoms with E-state index in [2.05, 4.69) is 37.7 Å². The molecule has 0 spiro atoms. The van der Waals surface area contributed by atoms with Crippen LogP contribution in [0, 0.1) is 23.7 Å². The standard InChI is InChI=1S/C17H18N4/c1-5-10-21-15(19)14(20-16(21)17(2,3)4)13-8-6-12(11-18)7-9-13/h1,6-9H,10,19H2,2-4H3. The number of imidazole rings is 1. The van der Waals surface area contributed by atoms with E-state index in [1.807, 2.05) is 16.7 Å². The van der Waals surface area contributed by atoms with E-state index in [9.17, 15) is 0 Å². The topological polar surface area (TPSA) is 67.6 Å². The fourth-order valence-electron chi connectivity index (χ4n) is 2.20. The Bertz CT molecular complexity index is 731. The van der Waals surface area contributed by atoms with E-state index >= 15 is 0 Å². The Morgan fingerprint density at radius 1 is 1.29 bits per heavy atom. The van der Waals surface area contributed by atoms with Crippen molar-refractivity contribution in [3.8, 4) is 29.7 Å². The fourth-order valence-corrected chi connectivity index (χ4v) is 2.20. The van der Waals surface area contributed by atoms with Gasteiger partial charge in [0, 0.05) is 11.0 Å². The summed E-state index contributed by atoms with van der Waals surface area (Å²) in [6.45, 7) is 6.61. The number of nitrogen functional groups attached to an aromatic ring is 1. The van der Waals surface area contributed by atoms with Gasteiger partial charge in [0.15, 0.2) is 0 Å². The molecule has 106 valence electrons. The van der Waals surface area contributed by atoms with Crippen LogP contribution in [0.15, 0.2) is 24.3 Å². The molecule has 0 aliphatic rings. The monoisotopic (exact) mass is 278 g/mol. The summed E-state index contributed by atoms with van der Waals surface area (Å²) in [7, 11) is 0. The minimum Gasteiger partial charge on any atom is -0.383 e. The molecule has 1 heterocycles.